The third-order valence-electron chi connectivity index (χ3n) is 4.23. The Morgan fingerprint density at radius 3 is 2.41 bits per heavy atom. The summed E-state index contributed by atoms with van der Waals surface area (Å²) >= 11 is 12.1. The van der Waals surface area contributed by atoms with Crippen molar-refractivity contribution < 1.29 is 19.1 Å². The van der Waals surface area contributed by atoms with Crippen LogP contribution in [0.2, 0.25) is 10.0 Å². The number of aromatic nitrogens is 1. The predicted octanol–water partition coefficient (Wildman–Crippen LogP) is 3.89. The normalized spacial score (nSPS) is 10.8. The fourth-order valence-corrected chi connectivity index (χ4v) is 3.32. The van der Waals surface area contributed by atoms with Gasteiger partial charge >= 0.3 is 5.97 Å². The molecule has 27 heavy (non-hydrogen) atoms. The number of carbonyl (C=O) groups excluding carboxylic acids is 2. The summed E-state index contributed by atoms with van der Waals surface area (Å²) in [4.78, 5) is 24.3. The number of amides is 1. The molecule has 1 aromatic heterocycles. The molecule has 0 atom stereocenters. The molecule has 6 nitrogen and oxygen atoms in total. The molecule has 140 valence electrons. The van der Waals surface area contributed by atoms with E-state index in [2.05, 4.69) is 0 Å². The molecule has 2 aromatic carbocycles. The van der Waals surface area contributed by atoms with Gasteiger partial charge in [-0.3, -0.25) is 4.79 Å². The van der Waals surface area contributed by atoms with E-state index in [0.29, 0.717) is 33.2 Å². The Hall–Kier alpha value is -2.70. The molecule has 8 heteroatoms. The SMILES string of the molecule is COC(=O)c1cc2c(C(N)=O)c(OC)ccc2n1Cc1ccc(Cl)c(Cl)c1. The number of primary amides is 1. The summed E-state index contributed by atoms with van der Waals surface area (Å²) < 4.78 is 11.9. The van der Waals surface area contributed by atoms with Gasteiger partial charge in [-0.1, -0.05) is 29.3 Å². The van der Waals surface area contributed by atoms with E-state index in [1.54, 1.807) is 41.0 Å². The molecule has 0 aliphatic heterocycles. The van der Waals surface area contributed by atoms with Gasteiger partial charge in [-0.25, -0.2) is 4.79 Å². The monoisotopic (exact) mass is 406 g/mol. The lowest BCUT2D eigenvalue weighted by molar-refractivity contribution is 0.0589. The van der Waals surface area contributed by atoms with Crippen LogP contribution in [0.5, 0.6) is 5.75 Å². The van der Waals surface area contributed by atoms with Crippen LogP contribution < -0.4 is 10.5 Å². The average molecular weight is 407 g/mol. The lowest BCUT2D eigenvalue weighted by Gasteiger charge is -2.12. The van der Waals surface area contributed by atoms with Crippen molar-refractivity contribution in [2.24, 2.45) is 5.73 Å². The standard InChI is InChI=1S/C19H16Cl2N2O4/c1-26-16-6-5-14-11(17(16)18(22)24)8-15(19(25)27-2)23(14)9-10-3-4-12(20)13(21)7-10/h3-8H,9H2,1-2H3,(H2,22,24). The number of hydrogen-bond donors (Lipinski definition) is 1. The van der Waals surface area contributed by atoms with Crippen LogP contribution in [0.3, 0.4) is 0 Å². The van der Waals surface area contributed by atoms with Crippen molar-refractivity contribution >= 4 is 46.0 Å². The maximum Gasteiger partial charge on any atom is 0.354 e. The highest BCUT2D eigenvalue weighted by Crippen LogP contribution is 2.32. The van der Waals surface area contributed by atoms with E-state index in [0.717, 1.165) is 5.56 Å². The molecule has 0 spiro atoms. The van der Waals surface area contributed by atoms with E-state index in [4.69, 9.17) is 38.4 Å². The summed E-state index contributed by atoms with van der Waals surface area (Å²) in [6, 6.07) is 10.2. The molecule has 0 unspecified atom stereocenters. The maximum absolute atomic E-state index is 12.3. The van der Waals surface area contributed by atoms with Crippen LogP contribution in [0.4, 0.5) is 0 Å². The van der Waals surface area contributed by atoms with Crippen LogP contribution in [0.15, 0.2) is 36.4 Å². The lowest BCUT2D eigenvalue weighted by Crippen LogP contribution is -2.13. The van der Waals surface area contributed by atoms with Crippen LogP contribution >= 0.6 is 23.2 Å². The fraction of sp³-hybridized carbons (Fsp3) is 0.158. The van der Waals surface area contributed by atoms with E-state index in [1.165, 1.54) is 14.2 Å². The zero-order chi connectivity index (χ0) is 19.7. The Bertz CT molecular complexity index is 1060. The van der Waals surface area contributed by atoms with Gasteiger partial charge in [0.05, 0.1) is 35.3 Å². The molecule has 0 fully saturated rings. The molecule has 0 saturated heterocycles. The van der Waals surface area contributed by atoms with Gasteiger partial charge in [-0.15, -0.1) is 0 Å². The van der Waals surface area contributed by atoms with Crippen LogP contribution in [-0.4, -0.2) is 30.7 Å². The molecule has 0 saturated carbocycles. The number of benzene rings is 2. The van der Waals surface area contributed by atoms with Crippen LogP contribution in [-0.2, 0) is 11.3 Å². The highest BCUT2D eigenvalue weighted by Gasteiger charge is 2.22. The number of methoxy groups -OCH3 is 2. The lowest BCUT2D eigenvalue weighted by atomic mass is 10.1. The highest BCUT2D eigenvalue weighted by molar-refractivity contribution is 6.42. The quantitative estimate of drug-likeness (QED) is 0.651. The molecule has 0 radical (unpaired) electrons. The number of carbonyl (C=O) groups is 2. The number of ether oxygens (including phenoxy) is 2. The van der Waals surface area contributed by atoms with Crippen molar-refractivity contribution in [2.45, 2.75) is 6.54 Å². The van der Waals surface area contributed by atoms with Crippen LogP contribution in [0, 0.1) is 0 Å². The molecule has 0 aliphatic carbocycles. The van der Waals surface area contributed by atoms with Crippen LogP contribution in [0.1, 0.15) is 26.4 Å². The Morgan fingerprint density at radius 2 is 1.81 bits per heavy atom. The van der Waals surface area contributed by atoms with Gasteiger partial charge in [0.1, 0.15) is 11.4 Å². The smallest absolute Gasteiger partial charge is 0.354 e. The van der Waals surface area contributed by atoms with Gasteiger partial charge in [0.15, 0.2) is 0 Å². The van der Waals surface area contributed by atoms with Crippen molar-refractivity contribution in [3.05, 3.63) is 63.3 Å². The number of rotatable bonds is 5. The summed E-state index contributed by atoms with van der Waals surface area (Å²) in [5, 5.41) is 1.35. The first-order valence-corrected chi connectivity index (χ1v) is 8.65. The number of hydrogen-bond acceptors (Lipinski definition) is 4. The summed E-state index contributed by atoms with van der Waals surface area (Å²) in [5.74, 6) is -0.862. The van der Waals surface area contributed by atoms with Crippen molar-refractivity contribution in [1.82, 2.24) is 4.57 Å². The van der Waals surface area contributed by atoms with Crippen molar-refractivity contribution in [3.63, 3.8) is 0 Å². The second-order valence-corrected chi connectivity index (χ2v) is 6.61. The van der Waals surface area contributed by atoms with E-state index in [9.17, 15) is 9.59 Å². The Kier molecular flexibility index (Phi) is 5.30. The largest absolute Gasteiger partial charge is 0.496 e. The van der Waals surface area contributed by atoms with E-state index >= 15 is 0 Å². The third-order valence-corrected chi connectivity index (χ3v) is 4.97. The maximum atomic E-state index is 12.3. The van der Waals surface area contributed by atoms with E-state index in [1.807, 2.05) is 0 Å². The number of halogens is 2. The average Bonchev–Trinajstić information content (AvgIpc) is 3.01. The summed E-state index contributed by atoms with van der Waals surface area (Å²) in [6.07, 6.45) is 0. The minimum atomic E-state index is -0.652. The molecular weight excluding hydrogens is 391 g/mol. The molecular formula is C19H16Cl2N2O4. The predicted molar refractivity (Wildman–Crippen MR) is 104 cm³/mol. The van der Waals surface area contributed by atoms with Gasteiger partial charge in [0.25, 0.3) is 5.91 Å². The van der Waals surface area contributed by atoms with Gasteiger partial charge in [-0.05, 0) is 35.9 Å². The molecule has 0 bridgehead atoms. The van der Waals surface area contributed by atoms with E-state index < -0.39 is 11.9 Å². The Labute approximate surface area is 165 Å². The van der Waals surface area contributed by atoms with Gasteiger partial charge in [0, 0.05) is 11.9 Å². The Balaban J connectivity index is 2.25. The zero-order valence-corrected chi connectivity index (χ0v) is 16.1. The topological polar surface area (TPSA) is 83.6 Å². The Morgan fingerprint density at radius 1 is 1.07 bits per heavy atom. The van der Waals surface area contributed by atoms with Gasteiger partial charge in [0.2, 0.25) is 0 Å². The number of nitrogens with two attached hydrogens (primary N) is 1. The number of esters is 1. The third kappa shape index (κ3) is 3.46. The van der Waals surface area contributed by atoms with Crippen molar-refractivity contribution in [2.75, 3.05) is 14.2 Å². The first kappa shape index (κ1) is 19.1. The second kappa shape index (κ2) is 7.50. The molecule has 3 rings (SSSR count). The summed E-state index contributed by atoms with van der Waals surface area (Å²) in [6.45, 7) is 0.315. The minimum Gasteiger partial charge on any atom is -0.496 e. The van der Waals surface area contributed by atoms with Crippen molar-refractivity contribution in [3.8, 4) is 5.75 Å². The molecule has 1 amide bonds. The fourth-order valence-electron chi connectivity index (χ4n) is 3.00. The number of nitrogens with zero attached hydrogens (tertiary/aromatic N) is 1. The zero-order valence-electron chi connectivity index (χ0n) is 14.6. The molecule has 2 N–H and O–H groups in total. The number of fused-ring (bicyclic) bond motifs is 1. The first-order valence-electron chi connectivity index (χ1n) is 7.89. The van der Waals surface area contributed by atoms with Crippen molar-refractivity contribution in [1.29, 1.82) is 0 Å². The summed E-state index contributed by atoms with van der Waals surface area (Å²) in [5.41, 5.74) is 7.47. The van der Waals surface area contributed by atoms with Crippen LogP contribution in [0.25, 0.3) is 10.9 Å². The molecule has 1 heterocycles. The highest BCUT2D eigenvalue weighted by atomic mass is 35.5. The first-order chi connectivity index (χ1) is 12.9. The van der Waals surface area contributed by atoms with Gasteiger partial charge < -0.3 is 19.8 Å². The minimum absolute atomic E-state index is 0.202. The summed E-state index contributed by atoms with van der Waals surface area (Å²) in [7, 11) is 2.74. The van der Waals surface area contributed by atoms with E-state index in [-0.39, 0.29) is 11.3 Å². The molecule has 0 aliphatic rings. The second-order valence-electron chi connectivity index (χ2n) is 5.80. The molecule has 3 aromatic rings. The van der Waals surface area contributed by atoms with Gasteiger partial charge in [-0.2, -0.15) is 0 Å².